The van der Waals surface area contributed by atoms with Gasteiger partial charge in [0.05, 0.1) is 12.6 Å². The van der Waals surface area contributed by atoms with Crippen LogP contribution >= 0.6 is 11.3 Å². The molecule has 1 saturated heterocycles. The Labute approximate surface area is 140 Å². The first-order valence-corrected chi connectivity index (χ1v) is 8.71. The van der Waals surface area contributed by atoms with Crippen LogP contribution in [-0.4, -0.2) is 40.7 Å². The van der Waals surface area contributed by atoms with E-state index in [2.05, 4.69) is 11.9 Å². The number of hydrogen-bond donors (Lipinski definition) is 0. The van der Waals surface area contributed by atoms with Gasteiger partial charge in [-0.05, 0) is 40.0 Å². The molecule has 0 radical (unpaired) electrons. The van der Waals surface area contributed by atoms with E-state index in [9.17, 15) is 9.59 Å². The molecule has 0 unspecified atom stereocenters. The molecule has 1 fully saturated rings. The standard InChI is InChI=1S/C16H24N2O4S/c1-6-21-14(19)11-9-23-13(17-11)12-7-10(2)8-18(12)15(20)22-16(3,4)5/h9-10,12H,6-8H2,1-5H3/t10-,12+/m0/s1. The van der Waals surface area contributed by atoms with Crippen molar-refractivity contribution in [2.45, 2.75) is 52.7 Å². The number of rotatable bonds is 3. The molecule has 2 atom stereocenters. The summed E-state index contributed by atoms with van der Waals surface area (Å²) in [5, 5.41) is 2.44. The van der Waals surface area contributed by atoms with Gasteiger partial charge in [0, 0.05) is 11.9 Å². The smallest absolute Gasteiger partial charge is 0.410 e. The summed E-state index contributed by atoms with van der Waals surface area (Å²) in [5.74, 6) is -0.0627. The predicted octanol–water partition coefficient (Wildman–Crippen LogP) is 3.64. The molecule has 1 aliphatic heterocycles. The van der Waals surface area contributed by atoms with Gasteiger partial charge in [0.25, 0.3) is 0 Å². The van der Waals surface area contributed by atoms with Crippen molar-refractivity contribution in [1.29, 1.82) is 0 Å². The average molecular weight is 340 g/mol. The van der Waals surface area contributed by atoms with Crippen LogP contribution in [-0.2, 0) is 9.47 Å². The van der Waals surface area contributed by atoms with E-state index in [0.29, 0.717) is 24.8 Å². The SMILES string of the molecule is CCOC(=O)c1csc([C@H]2C[C@H](C)CN2C(=O)OC(C)(C)C)n1. The maximum atomic E-state index is 12.4. The first kappa shape index (κ1) is 17.7. The minimum atomic E-state index is -0.535. The fraction of sp³-hybridized carbons (Fsp3) is 0.688. The minimum Gasteiger partial charge on any atom is -0.461 e. The lowest BCUT2D eigenvalue weighted by atomic mass is 10.1. The third-order valence-corrected chi connectivity index (χ3v) is 4.38. The van der Waals surface area contributed by atoms with Gasteiger partial charge in [0.15, 0.2) is 5.69 Å². The molecule has 0 spiro atoms. The van der Waals surface area contributed by atoms with E-state index in [0.717, 1.165) is 11.4 Å². The number of carbonyl (C=O) groups excluding carboxylic acids is 2. The number of thiazole rings is 1. The minimum absolute atomic E-state index is 0.145. The largest absolute Gasteiger partial charge is 0.461 e. The van der Waals surface area contributed by atoms with Crippen LogP contribution in [0, 0.1) is 5.92 Å². The molecule has 1 aromatic rings. The van der Waals surface area contributed by atoms with Gasteiger partial charge < -0.3 is 9.47 Å². The molecule has 1 amide bonds. The van der Waals surface area contributed by atoms with Gasteiger partial charge in [0.2, 0.25) is 0 Å². The Bertz CT molecular complexity index is 579. The summed E-state index contributed by atoms with van der Waals surface area (Å²) >= 11 is 1.38. The molecule has 0 aromatic carbocycles. The van der Waals surface area contributed by atoms with Crippen molar-refractivity contribution in [3.8, 4) is 0 Å². The van der Waals surface area contributed by atoms with Crippen molar-refractivity contribution in [1.82, 2.24) is 9.88 Å². The number of ether oxygens (including phenoxy) is 2. The van der Waals surface area contributed by atoms with Crippen LogP contribution in [0.4, 0.5) is 4.79 Å². The first-order chi connectivity index (χ1) is 10.7. The Morgan fingerprint density at radius 2 is 2.13 bits per heavy atom. The number of esters is 1. The van der Waals surface area contributed by atoms with Crippen LogP contribution in [0.1, 0.15) is 62.6 Å². The summed E-state index contributed by atoms with van der Waals surface area (Å²) in [7, 11) is 0. The summed E-state index contributed by atoms with van der Waals surface area (Å²) in [4.78, 5) is 30.3. The molecular formula is C16H24N2O4S. The molecule has 23 heavy (non-hydrogen) atoms. The first-order valence-electron chi connectivity index (χ1n) is 7.83. The molecule has 2 heterocycles. The number of aromatic nitrogens is 1. The number of amides is 1. The second-order valence-electron chi connectivity index (χ2n) is 6.78. The van der Waals surface area contributed by atoms with Gasteiger partial charge in [-0.25, -0.2) is 14.6 Å². The highest BCUT2D eigenvalue weighted by molar-refractivity contribution is 7.09. The molecule has 128 valence electrons. The third kappa shape index (κ3) is 4.43. The molecular weight excluding hydrogens is 316 g/mol. The lowest BCUT2D eigenvalue weighted by Gasteiger charge is -2.27. The lowest BCUT2D eigenvalue weighted by Crippen LogP contribution is -2.36. The van der Waals surface area contributed by atoms with E-state index in [4.69, 9.17) is 9.47 Å². The van der Waals surface area contributed by atoms with E-state index in [-0.39, 0.29) is 12.1 Å². The van der Waals surface area contributed by atoms with Crippen LogP contribution < -0.4 is 0 Å². The van der Waals surface area contributed by atoms with Gasteiger partial charge >= 0.3 is 12.1 Å². The van der Waals surface area contributed by atoms with Crippen molar-refractivity contribution in [2.24, 2.45) is 5.92 Å². The highest BCUT2D eigenvalue weighted by Crippen LogP contribution is 2.37. The van der Waals surface area contributed by atoms with Crippen molar-refractivity contribution < 1.29 is 19.1 Å². The maximum Gasteiger partial charge on any atom is 0.410 e. The fourth-order valence-corrected chi connectivity index (χ4v) is 3.45. The van der Waals surface area contributed by atoms with Crippen LogP contribution in [0.15, 0.2) is 5.38 Å². The van der Waals surface area contributed by atoms with Gasteiger partial charge in [-0.1, -0.05) is 6.92 Å². The quantitative estimate of drug-likeness (QED) is 0.786. The molecule has 0 aliphatic carbocycles. The van der Waals surface area contributed by atoms with Crippen LogP contribution in [0.2, 0.25) is 0 Å². The van der Waals surface area contributed by atoms with Crippen molar-refractivity contribution in [3.05, 3.63) is 16.1 Å². The molecule has 7 heteroatoms. The highest BCUT2D eigenvalue weighted by atomic mass is 32.1. The van der Waals surface area contributed by atoms with Crippen LogP contribution in [0.5, 0.6) is 0 Å². The predicted molar refractivity (Wildman–Crippen MR) is 87.5 cm³/mol. The third-order valence-electron chi connectivity index (χ3n) is 3.43. The number of nitrogens with zero attached hydrogens (tertiary/aromatic N) is 2. The summed E-state index contributed by atoms with van der Waals surface area (Å²) < 4.78 is 10.5. The molecule has 2 rings (SSSR count). The lowest BCUT2D eigenvalue weighted by molar-refractivity contribution is 0.0220. The van der Waals surface area contributed by atoms with E-state index >= 15 is 0 Å². The van der Waals surface area contributed by atoms with Gasteiger partial charge in [0.1, 0.15) is 10.6 Å². The van der Waals surface area contributed by atoms with Crippen LogP contribution in [0.3, 0.4) is 0 Å². The molecule has 0 saturated carbocycles. The summed E-state index contributed by atoms with van der Waals surface area (Å²) in [6.07, 6.45) is 0.481. The van der Waals surface area contributed by atoms with Crippen molar-refractivity contribution >= 4 is 23.4 Å². The summed E-state index contributed by atoms with van der Waals surface area (Å²) in [6, 6.07) is -0.145. The summed E-state index contributed by atoms with van der Waals surface area (Å²) in [6.45, 7) is 10.3. The summed E-state index contributed by atoms with van der Waals surface area (Å²) in [5.41, 5.74) is -0.234. The zero-order valence-electron chi connectivity index (χ0n) is 14.3. The molecule has 1 aliphatic rings. The Hall–Kier alpha value is -1.63. The molecule has 6 nitrogen and oxygen atoms in total. The topological polar surface area (TPSA) is 68.7 Å². The Kier molecular flexibility index (Phi) is 5.29. The zero-order chi connectivity index (χ0) is 17.2. The second kappa shape index (κ2) is 6.86. The van der Waals surface area contributed by atoms with Crippen molar-refractivity contribution in [2.75, 3.05) is 13.2 Å². The number of carbonyl (C=O) groups is 2. The monoisotopic (exact) mass is 340 g/mol. The van der Waals surface area contributed by atoms with E-state index in [1.165, 1.54) is 11.3 Å². The van der Waals surface area contributed by atoms with E-state index < -0.39 is 11.6 Å². The van der Waals surface area contributed by atoms with Gasteiger partial charge in [-0.15, -0.1) is 11.3 Å². The maximum absolute atomic E-state index is 12.4. The van der Waals surface area contributed by atoms with Crippen LogP contribution in [0.25, 0.3) is 0 Å². The zero-order valence-corrected chi connectivity index (χ0v) is 15.1. The van der Waals surface area contributed by atoms with Crippen molar-refractivity contribution in [3.63, 3.8) is 0 Å². The van der Waals surface area contributed by atoms with E-state index in [1.54, 1.807) is 17.2 Å². The molecule has 1 aromatic heterocycles. The Morgan fingerprint density at radius 1 is 1.43 bits per heavy atom. The number of likely N-dealkylation sites (tertiary alicyclic amines) is 1. The fourth-order valence-electron chi connectivity index (χ4n) is 2.54. The van der Waals surface area contributed by atoms with Gasteiger partial charge in [-0.2, -0.15) is 0 Å². The average Bonchev–Trinajstić information content (AvgIpc) is 3.03. The Morgan fingerprint density at radius 3 is 2.74 bits per heavy atom. The van der Waals surface area contributed by atoms with Gasteiger partial charge in [-0.3, -0.25) is 4.90 Å². The van der Waals surface area contributed by atoms with E-state index in [1.807, 2.05) is 20.8 Å². The molecule has 0 bridgehead atoms. The second-order valence-corrected chi connectivity index (χ2v) is 7.67. The Balaban J connectivity index is 2.16. The highest BCUT2D eigenvalue weighted by Gasteiger charge is 2.38. The molecule has 0 N–H and O–H groups in total. The normalized spacial score (nSPS) is 21.3. The number of hydrogen-bond acceptors (Lipinski definition) is 6.